The predicted octanol–water partition coefficient (Wildman–Crippen LogP) is 2.52. The first-order valence-corrected chi connectivity index (χ1v) is 7.92. The normalized spacial score (nSPS) is 14.1. The van der Waals surface area contributed by atoms with Crippen molar-refractivity contribution in [2.24, 2.45) is 5.92 Å². The first kappa shape index (κ1) is 19.9. The molecule has 0 aliphatic rings. The van der Waals surface area contributed by atoms with Crippen molar-refractivity contribution in [3.05, 3.63) is 29.8 Å². The zero-order valence-corrected chi connectivity index (χ0v) is 14.7. The van der Waals surface area contributed by atoms with Gasteiger partial charge in [-0.3, -0.25) is 0 Å². The van der Waals surface area contributed by atoms with E-state index in [1.165, 1.54) is 12.1 Å². The molecule has 0 fully saturated rings. The van der Waals surface area contributed by atoms with Crippen LogP contribution in [0.2, 0.25) is 0 Å². The van der Waals surface area contributed by atoms with Crippen LogP contribution in [0.3, 0.4) is 0 Å². The number of halogens is 1. The second-order valence-corrected chi connectivity index (χ2v) is 6.57. The molecule has 2 unspecified atom stereocenters. The maximum atomic E-state index is 13.6. The highest BCUT2D eigenvalue weighted by atomic mass is 19.1. The lowest BCUT2D eigenvalue weighted by molar-refractivity contribution is -0.315. The first-order valence-electron chi connectivity index (χ1n) is 7.92. The molecule has 0 saturated carbocycles. The number of benzene rings is 1. The molecule has 0 spiro atoms. The molecule has 0 radical (unpaired) electrons. The van der Waals surface area contributed by atoms with Crippen LogP contribution in [0.4, 0.5) is 4.39 Å². The molecule has 1 aromatic rings. The highest BCUT2D eigenvalue weighted by Crippen LogP contribution is 2.22. The lowest BCUT2D eigenvalue weighted by Crippen LogP contribution is -2.45. The van der Waals surface area contributed by atoms with Gasteiger partial charge in [0.05, 0.1) is 11.5 Å². The molecule has 0 aromatic heterocycles. The van der Waals surface area contributed by atoms with Gasteiger partial charge in [0.1, 0.15) is 17.5 Å². The van der Waals surface area contributed by atoms with E-state index in [1.54, 1.807) is 26.0 Å². The van der Waals surface area contributed by atoms with Gasteiger partial charge < -0.3 is 19.4 Å². The minimum atomic E-state index is -2.37. The fraction of sp³-hybridized carbons (Fsp3) is 0.556. The lowest BCUT2D eigenvalue weighted by Gasteiger charge is -2.26. The van der Waals surface area contributed by atoms with Gasteiger partial charge in [0.25, 0.3) is 0 Å². The molecule has 0 N–H and O–H groups in total. The summed E-state index contributed by atoms with van der Waals surface area (Å²) >= 11 is 0. The monoisotopic (exact) mass is 339 g/mol. The number of carboxylic acid groups (broad SMARTS) is 1. The third kappa shape index (κ3) is 5.51. The maximum absolute atomic E-state index is 13.6. The fourth-order valence-corrected chi connectivity index (χ4v) is 1.91. The summed E-state index contributed by atoms with van der Waals surface area (Å²) in [7, 11) is 0. The van der Waals surface area contributed by atoms with E-state index in [1.807, 2.05) is 20.8 Å². The summed E-state index contributed by atoms with van der Waals surface area (Å²) in [6.07, 6.45) is -2.96. The van der Waals surface area contributed by atoms with E-state index in [9.17, 15) is 19.1 Å². The molecule has 0 amide bonds. The zero-order valence-electron chi connectivity index (χ0n) is 14.7. The van der Waals surface area contributed by atoms with Crippen LogP contribution in [0, 0.1) is 5.92 Å². The van der Waals surface area contributed by atoms with Gasteiger partial charge in [-0.1, -0.05) is 20.8 Å². The van der Waals surface area contributed by atoms with Gasteiger partial charge in [-0.05, 0) is 50.5 Å². The van der Waals surface area contributed by atoms with Crippen molar-refractivity contribution in [2.75, 3.05) is 0 Å². The van der Waals surface area contributed by atoms with E-state index in [-0.39, 0.29) is 11.2 Å². The van der Waals surface area contributed by atoms with Crippen molar-refractivity contribution in [2.45, 2.75) is 58.9 Å². The summed E-state index contributed by atoms with van der Waals surface area (Å²) in [5, 5.41) is 10.7. The smallest absolute Gasteiger partial charge is 0.338 e. The summed E-state index contributed by atoms with van der Waals surface area (Å²) < 4.78 is 24.4. The Kier molecular flexibility index (Phi) is 6.75. The van der Waals surface area contributed by atoms with Gasteiger partial charge in [-0.2, -0.15) is 0 Å². The molecule has 0 aliphatic carbocycles. The van der Waals surface area contributed by atoms with E-state index in [0.717, 1.165) is 6.42 Å². The van der Waals surface area contributed by atoms with Crippen molar-refractivity contribution in [1.29, 1.82) is 0 Å². The third-order valence-electron chi connectivity index (χ3n) is 3.75. The average Bonchev–Trinajstić information content (AvgIpc) is 2.51. The highest BCUT2D eigenvalue weighted by molar-refractivity contribution is 5.90. The summed E-state index contributed by atoms with van der Waals surface area (Å²) in [4.78, 5) is 22.8. The molecular weight excluding hydrogens is 315 g/mol. The van der Waals surface area contributed by atoms with Crippen LogP contribution in [-0.4, -0.2) is 29.8 Å². The lowest BCUT2D eigenvalue weighted by atomic mass is 10.0. The number of esters is 1. The number of carbonyl (C=O) groups excluding carboxylic acids is 2. The second-order valence-electron chi connectivity index (χ2n) is 6.57. The zero-order chi connectivity index (χ0) is 18.5. The number of rotatable bonds is 8. The number of hydrogen-bond donors (Lipinski definition) is 0. The van der Waals surface area contributed by atoms with Crippen LogP contribution in [0.1, 0.15) is 51.4 Å². The molecule has 134 valence electrons. The van der Waals surface area contributed by atoms with E-state index >= 15 is 0 Å². The Morgan fingerprint density at radius 1 is 1.21 bits per heavy atom. The molecular formula is C18H24FO5-. The molecule has 0 aliphatic heterocycles. The molecule has 0 bridgehead atoms. The van der Waals surface area contributed by atoms with Crippen molar-refractivity contribution < 1.29 is 28.6 Å². The molecule has 0 saturated heterocycles. The summed E-state index contributed by atoms with van der Waals surface area (Å²) in [5.74, 6) is -2.60. The Bertz CT molecular complexity index is 565. The van der Waals surface area contributed by atoms with E-state index in [4.69, 9.17) is 9.47 Å². The quantitative estimate of drug-likeness (QED) is 0.680. The van der Waals surface area contributed by atoms with Crippen molar-refractivity contribution in [3.8, 4) is 5.75 Å². The largest absolute Gasteiger partial charge is 0.547 e. The number of ether oxygens (including phenoxy) is 2. The van der Waals surface area contributed by atoms with Crippen molar-refractivity contribution in [3.63, 3.8) is 0 Å². The van der Waals surface area contributed by atoms with E-state index in [2.05, 4.69) is 0 Å². The van der Waals surface area contributed by atoms with Gasteiger partial charge >= 0.3 is 5.97 Å². The van der Waals surface area contributed by atoms with Crippen LogP contribution in [-0.2, 0) is 9.53 Å². The number of hydrogen-bond acceptors (Lipinski definition) is 5. The van der Waals surface area contributed by atoms with Crippen LogP contribution >= 0.6 is 0 Å². The fourth-order valence-electron chi connectivity index (χ4n) is 1.91. The third-order valence-corrected chi connectivity index (χ3v) is 3.75. The van der Waals surface area contributed by atoms with Gasteiger partial charge in [0, 0.05) is 0 Å². The standard InChI is InChI=1S/C18H25FO5/c1-6-18(4,5)24-13-9-7-12(8-10-13)17(22)23-15(11(2)3)14(19)16(20)21/h7-11,14-15H,6H2,1-5H3,(H,20,21)/p-1. The number of carboxylic acids is 1. The van der Waals surface area contributed by atoms with Gasteiger partial charge in [-0.25, -0.2) is 9.18 Å². The molecule has 2 atom stereocenters. The Morgan fingerprint density at radius 3 is 2.17 bits per heavy atom. The average molecular weight is 339 g/mol. The topological polar surface area (TPSA) is 75.7 Å². The highest BCUT2D eigenvalue weighted by Gasteiger charge is 2.29. The minimum Gasteiger partial charge on any atom is -0.547 e. The first-order chi connectivity index (χ1) is 11.1. The Hall–Kier alpha value is -2.11. The molecule has 1 aromatic carbocycles. The Morgan fingerprint density at radius 2 is 1.75 bits per heavy atom. The molecule has 5 nitrogen and oxygen atoms in total. The SMILES string of the molecule is CCC(C)(C)Oc1ccc(C(=O)OC(C(C)C)C(F)C(=O)[O-])cc1. The number of alkyl halides is 1. The van der Waals surface area contributed by atoms with Crippen LogP contribution in [0.5, 0.6) is 5.75 Å². The van der Waals surface area contributed by atoms with Crippen molar-refractivity contribution in [1.82, 2.24) is 0 Å². The Labute approximate surface area is 141 Å². The molecule has 0 heterocycles. The predicted molar refractivity (Wildman–Crippen MR) is 85.4 cm³/mol. The summed E-state index contributed by atoms with van der Waals surface area (Å²) in [6, 6.07) is 6.22. The number of aliphatic carboxylic acids is 1. The van der Waals surface area contributed by atoms with Gasteiger partial charge in [0.15, 0.2) is 6.17 Å². The maximum Gasteiger partial charge on any atom is 0.338 e. The van der Waals surface area contributed by atoms with Crippen molar-refractivity contribution >= 4 is 11.9 Å². The van der Waals surface area contributed by atoms with Gasteiger partial charge in [-0.15, -0.1) is 0 Å². The van der Waals surface area contributed by atoms with Crippen LogP contribution < -0.4 is 9.84 Å². The molecule has 6 heteroatoms. The molecule has 24 heavy (non-hydrogen) atoms. The van der Waals surface area contributed by atoms with E-state index in [0.29, 0.717) is 5.75 Å². The summed E-state index contributed by atoms with van der Waals surface area (Å²) in [5.41, 5.74) is -0.145. The van der Waals surface area contributed by atoms with Gasteiger partial charge in [0.2, 0.25) is 0 Å². The molecule has 1 rings (SSSR count). The van der Waals surface area contributed by atoms with Crippen LogP contribution in [0.25, 0.3) is 0 Å². The summed E-state index contributed by atoms with van der Waals surface area (Å²) in [6.45, 7) is 9.03. The van der Waals surface area contributed by atoms with Crippen LogP contribution in [0.15, 0.2) is 24.3 Å². The minimum absolute atomic E-state index is 0.188. The second kappa shape index (κ2) is 8.13. The Balaban J connectivity index is 2.82. The number of carbonyl (C=O) groups is 2. The van der Waals surface area contributed by atoms with E-state index < -0.39 is 30.1 Å².